The summed E-state index contributed by atoms with van der Waals surface area (Å²) < 4.78 is 1.90. The van der Waals surface area contributed by atoms with Gasteiger partial charge in [-0.3, -0.25) is 9.48 Å². The molecule has 1 aromatic carbocycles. The molecule has 6 heteroatoms. The summed E-state index contributed by atoms with van der Waals surface area (Å²) in [6.45, 7) is 4.93. The minimum Gasteiger partial charge on any atom is -0.395 e. The van der Waals surface area contributed by atoms with Crippen LogP contribution in [0.15, 0.2) is 36.5 Å². The number of carbonyl (C=O) groups is 1. The van der Waals surface area contributed by atoms with Crippen molar-refractivity contribution in [3.8, 4) is 11.3 Å². The van der Waals surface area contributed by atoms with Crippen molar-refractivity contribution in [1.82, 2.24) is 20.1 Å². The van der Waals surface area contributed by atoms with Gasteiger partial charge in [-0.05, 0) is 26.0 Å². The summed E-state index contributed by atoms with van der Waals surface area (Å²) in [5.74, 6) is -0.218. The van der Waals surface area contributed by atoms with E-state index in [-0.39, 0.29) is 19.1 Å². The van der Waals surface area contributed by atoms with E-state index >= 15 is 0 Å². The fraction of sp³-hybridized carbons (Fsp3) is 0.278. The zero-order valence-electron chi connectivity index (χ0n) is 13.8. The van der Waals surface area contributed by atoms with E-state index < -0.39 is 0 Å². The van der Waals surface area contributed by atoms with Crippen molar-refractivity contribution in [2.75, 3.05) is 13.2 Å². The Morgan fingerprint density at radius 3 is 2.83 bits per heavy atom. The fourth-order valence-corrected chi connectivity index (χ4v) is 2.78. The lowest BCUT2D eigenvalue weighted by atomic mass is 10.0. The van der Waals surface area contributed by atoms with Crippen LogP contribution in [0.1, 0.15) is 23.0 Å². The Morgan fingerprint density at radius 2 is 2.12 bits per heavy atom. The number of aliphatic hydroxyl groups excluding tert-OH is 1. The van der Waals surface area contributed by atoms with Crippen molar-refractivity contribution in [3.63, 3.8) is 0 Å². The molecule has 3 aromatic rings. The number of aromatic nitrogens is 3. The Balaban J connectivity index is 2.16. The third-order valence-corrected chi connectivity index (χ3v) is 4.04. The molecule has 0 aliphatic heterocycles. The number of para-hydroxylation sites is 1. The van der Waals surface area contributed by atoms with Crippen LogP contribution in [-0.4, -0.2) is 38.9 Å². The molecule has 2 heterocycles. The van der Waals surface area contributed by atoms with E-state index in [1.54, 1.807) is 12.3 Å². The summed E-state index contributed by atoms with van der Waals surface area (Å²) in [6, 6.07) is 9.34. The molecule has 6 nitrogen and oxygen atoms in total. The molecule has 0 saturated heterocycles. The highest BCUT2D eigenvalue weighted by molar-refractivity contribution is 6.07. The van der Waals surface area contributed by atoms with Gasteiger partial charge in [0.25, 0.3) is 5.91 Å². The van der Waals surface area contributed by atoms with Crippen LogP contribution in [0.2, 0.25) is 0 Å². The van der Waals surface area contributed by atoms with Crippen LogP contribution in [0.4, 0.5) is 0 Å². The topological polar surface area (TPSA) is 80.0 Å². The average molecular weight is 324 g/mol. The molecule has 2 aromatic heterocycles. The molecular weight excluding hydrogens is 304 g/mol. The number of hydrogen-bond acceptors (Lipinski definition) is 4. The second-order valence-corrected chi connectivity index (χ2v) is 5.51. The highest BCUT2D eigenvalue weighted by atomic mass is 16.3. The number of fused-ring (bicyclic) bond motifs is 1. The van der Waals surface area contributed by atoms with Crippen molar-refractivity contribution < 1.29 is 9.90 Å². The van der Waals surface area contributed by atoms with E-state index in [1.807, 2.05) is 42.8 Å². The summed E-state index contributed by atoms with van der Waals surface area (Å²) in [4.78, 5) is 17.2. The van der Waals surface area contributed by atoms with Gasteiger partial charge in [-0.1, -0.05) is 18.2 Å². The molecule has 0 bridgehead atoms. The van der Waals surface area contributed by atoms with E-state index in [1.165, 1.54) is 0 Å². The zero-order valence-corrected chi connectivity index (χ0v) is 13.8. The fourth-order valence-electron chi connectivity index (χ4n) is 2.78. The van der Waals surface area contributed by atoms with Gasteiger partial charge in [-0.2, -0.15) is 5.10 Å². The maximum absolute atomic E-state index is 12.5. The predicted molar refractivity (Wildman–Crippen MR) is 92.8 cm³/mol. The van der Waals surface area contributed by atoms with E-state index in [4.69, 9.17) is 10.1 Å². The van der Waals surface area contributed by atoms with Crippen molar-refractivity contribution in [1.29, 1.82) is 0 Å². The Kier molecular flexibility index (Phi) is 4.57. The molecule has 0 aliphatic carbocycles. The quantitative estimate of drug-likeness (QED) is 0.753. The van der Waals surface area contributed by atoms with Gasteiger partial charge in [-0.15, -0.1) is 0 Å². The van der Waals surface area contributed by atoms with E-state index in [0.717, 1.165) is 34.4 Å². The first-order valence-corrected chi connectivity index (χ1v) is 7.97. The third kappa shape index (κ3) is 2.88. The van der Waals surface area contributed by atoms with Gasteiger partial charge in [0.2, 0.25) is 0 Å². The minimum atomic E-state index is -0.218. The highest BCUT2D eigenvalue weighted by Gasteiger charge is 2.16. The Bertz CT molecular complexity index is 886. The Hall–Kier alpha value is -2.73. The molecule has 0 spiro atoms. The summed E-state index contributed by atoms with van der Waals surface area (Å²) in [7, 11) is 0. The molecule has 124 valence electrons. The van der Waals surface area contributed by atoms with E-state index in [9.17, 15) is 4.79 Å². The first kappa shape index (κ1) is 16.1. The summed E-state index contributed by atoms with van der Waals surface area (Å²) in [5.41, 5.74) is 3.96. The van der Waals surface area contributed by atoms with Crippen LogP contribution >= 0.6 is 0 Å². The summed E-state index contributed by atoms with van der Waals surface area (Å²) in [6.07, 6.45) is 1.78. The van der Waals surface area contributed by atoms with Crippen LogP contribution in [-0.2, 0) is 6.54 Å². The van der Waals surface area contributed by atoms with Crippen molar-refractivity contribution in [3.05, 3.63) is 47.8 Å². The smallest absolute Gasteiger partial charge is 0.252 e. The van der Waals surface area contributed by atoms with E-state index in [2.05, 4.69) is 10.4 Å². The van der Waals surface area contributed by atoms with Crippen LogP contribution in [0.5, 0.6) is 0 Å². The largest absolute Gasteiger partial charge is 0.395 e. The molecule has 3 rings (SSSR count). The van der Waals surface area contributed by atoms with Gasteiger partial charge in [-0.25, -0.2) is 4.98 Å². The third-order valence-electron chi connectivity index (χ3n) is 4.04. The van der Waals surface area contributed by atoms with Crippen molar-refractivity contribution >= 4 is 16.8 Å². The van der Waals surface area contributed by atoms with Gasteiger partial charge in [0.1, 0.15) is 0 Å². The van der Waals surface area contributed by atoms with Crippen LogP contribution in [0, 0.1) is 6.92 Å². The normalized spacial score (nSPS) is 11.0. The number of hydrogen-bond donors (Lipinski definition) is 2. The molecular formula is C18H20N4O2. The van der Waals surface area contributed by atoms with E-state index in [0.29, 0.717) is 5.56 Å². The number of benzene rings is 1. The number of rotatable bonds is 5. The minimum absolute atomic E-state index is 0.0933. The summed E-state index contributed by atoms with van der Waals surface area (Å²) >= 11 is 0. The molecule has 0 saturated carbocycles. The van der Waals surface area contributed by atoms with Gasteiger partial charge in [0, 0.05) is 29.7 Å². The summed E-state index contributed by atoms with van der Waals surface area (Å²) in [5, 5.41) is 16.8. The lowest BCUT2D eigenvalue weighted by Crippen LogP contribution is -2.26. The van der Waals surface area contributed by atoms with Crippen LogP contribution in [0.3, 0.4) is 0 Å². The molecule has 0 radical (unpaired) electrons. The number of aliphatic hydroxyl groups is 1. The van der Waals surface area contributed by atoms with Crippen LogP contribution in [0.25, 0.3) is 22.2 Å². The average Bonchev–Trinajstić information content (AvgIpc) is 2.99. The number of nitrogens with zero attached hydrogens (tertiary/aromatic N) is 3. The lowest BCUT2D eigenvalue weighted by molar-refractivity contribution is 0.0946. The maximum Gasteiger partial charge on any atom is 0.252 e. The SMILES string of the molecule is CCn1ncc(-c2cc(C(=O)NCCO)c3ccccc3n2)c1C. The van der Waals surface area contributed by atoms with Crippen LogP contribution < -0.4 is 5.32 Å². The number of nitrogens with one attached hydrogen (secondary N) is 1. The number of carbonyl (C=O) groups excluding carboxylic acids is 1. The number of aryl methyl sites for hydroxylation is 1. The molecule has 24 heavy (non-hydrogen) atoms. The molecule has 0 unspecified atom stereocenters. The molecule has 0 fully saturated rings. The van der Waals surface area contributed by atoms with Crippen molar-refractivity contribution in [2.24, 2.45) is 0 Å². The molecule has 0 atom stereocenters. The maximum atomic E-state index is 12.5. The number of amides is 1. The predicted octanol–water partition coefficient (Wildman–Crippen LogP) is 2.15. The first-order chi connectivity index (χ1) is 11.7. The monoisotopic (exact) mass is 324 g/mol. The molecule has 0 aliphatic rings. The zero-order chi connectivity index (χ0) is 17.1. The highest BCUT2D eigenvalue weighted by Crippen LogP contribution is 2.27. The Morgan fingerprint density at radius 1 is 1.33 bits per heavy atom. The Labute approximate surface area is 140 Å². The second kappa shape index (κ2) is 6.80. The second-order valence-electron chi connectivity index (χ2n) is 5.51. The molecule has 1 amide bonds. The standard InChI is InChI=1S/C18H20N4O2/c1-3-22-12(2)15(11-20-22)17-10-14(18(24)19-8-9-23)13-6-4-5-7-16(13)21-17/h4-7,10-11,23H,3,8-9H2,1-2H3,(H,19,24). The van der Waals surface area contributed by atoms with Gasteiger partial charge >= 0.3 is 0 Å². The lowest BCUT2D eigenvalue weighted by Gasteiger charge is -2.10. The van der Waals surface area contributed by atoms with Gasteiger partial charge in [0.05, 0.1) is 29.6 Å². The van der Waals surface area contributed by atoms with Gasteiger partial charge < -0.3 is 10.4 Å². The molecule has 2 N–H and O–H groups in total. The van der Waals surface area contributed by atoms with Crippen molar-refractivity contribution in [2.45, 2.75) is 20.4 Å². The first-order valence-electron chi connectivity index (χ1n) is 7.97. The van der Waals surface area contributed by atoms with Gasteiger partial charge in [0.15, 0.2) is 0 Å². The number of pyridine rings is 1.